The van der Waals surface area contributed by atoms with E-state index in [4.69, 9.17) is 4.74 Å². The van der Waals surface area contributed by atoms with Crippen LogP contribution in [-0.4, -0.2) is 54.4 Å². The SMILES string of the molecule is O=C1CCCN1CCC(=O)N1CCCC(COc2ccc(F)cc2)C1. The standard InChI is InChI=1S/C19H25FN2O3/c20-16-5-7-17(8-6-16)25-14-15-3-1-11-22(13-15)19(24)9-12-21-10-2-4-18(21)23/h5-8,15H,1-4,9-14H2. The zero-order chi connectivity index (χ0) is 17.6. The third-order valence-electron chi connectivity index (χ3n) is 4.94. The van der Waals surface area contributed by atoms with Crippen LogP contribution in [0.2, 0.25) is 0 Å². The van der Waals surface area contributed by atoms with Crippen LogP contribution in [0, 0.1) is 11.7 Å². The van der Waals surface area contributed by atoms with Gasteiger partial charge < -0.3 is 14.5 Å². The second kappa shape index (κ2) is 8.32. The fraction of sp³-hybridized carbons (Fsp3) is 0.579. The van der Waals surface area contributed by atoms with Crippen molar-refractivity contribution in [1.29, 1.82) is 0 Å². The Kier molecular flexibility index (Phi) is 5.89. The number of likely N-dealkylation sites (tertiary alicyclic amines) is 2. The van der Waals surface area contributed by atoms with Gasteiger partial charge in [-0.05, 0) is 43.5 Å². The Bertz CT molecular complexity index is 605. The number of amides is 2. The highest BCUT2D eigenvalue weighted by Gasteiger charge is 2.26. The van der Waals surface area contributed by atoms with Crippen molar-refractivity contribution in [3.8, 4) is 5.75 Å². The van der Waals surface area contributed by atoms with Gasteiger partial charge >= 0.3 is 0 Å². The molecule has 0 spiro atoms. The van der Waals surface area contributed by atoms with Crippen LogP contribution < -0.4 is 4.74 Å². The molecule has 6 heteroatoms. The zero-order valence-corrected chi connectivity index (χ0v) is 14.5. The molecule has 1 aromatic carbocycles. The van der Waals surface area contributed by atoms with E-state index in [-0.39, 0.29) is 23.5 Å². The monoisotopic (exact) mass is 348 g/mol. The average Bonchev–Trinajstić information content (AvgIpc) is 3.04. The van der Waals surface area contributed by atoms with Gasteiger partial charge in [-0.1, -0.05) is 0 Å². The molecule has 0 saturated carbocycles. The number of hydrogen-bond acceptors (Lipinski definition) is 3. The lowest BCUT2D eigenvalue weighted by atomic mass is 9.98. The van der Waals surface area contributed by atoms with Gasteiger partial charge in [0.1, 0.15) is 11.6 Å². The minimum absolute atomic E-state index is 0.117. The molecule has 3 rings (SSSR count). The Balaban J connectivity index is 1.43. The summed E-state index contributed by atoms with van der Waals surface area (Å²) in [4.78, 5) is 27.7. The topological polar surface area (TPSA) is 49.9 Å². The number of ether oxygens (including phenoxy) is 1. The predicted molar refractivity (Wildman–Crippen MR) is 91.6 cm³/mol. The molecule has 1 atom stereocenters. The molecule has 0 aromatic heterocycles. The van der Waals surface area contributed by atoms with Crippen molar-refractivity contribution >= 4 is 11.8 Å². The lowest BCUT2D eigenvalue weighted by Gasteiger charge is -2.33. The van der Waals surface area contributed by atoms with Gasteiger partial charge in [0.15, 0.2) is 0 Å². The van der Waals surface area contributed by atoms with Gasteiger partial charge in [-0.25, -0.2) is 4.39 Å². The second-order valence-electron chi connectivity index (χ2n) is 6.85. The summed E-state index contributed by atoms with van der Waals surface area (Å²) in [6, 6.07) is 6.00. The number of carbonyl (C=O) groups excluding carboxylic acids is 2. The van der Waals surface area contributed by atoms with Crippen LogP contribution >= 0.6 is 0 Å². The number of benzene rings is 1. The van der Waals surface area contributed by atoms with Crippen molar-refractivity contribution < 1.29 is 18.7 Å². The Morgan fingerprint density at radius 1 is 1.20 bits per heavy atom. The predicted octanol–water partition coefficient (Wildman–Crippen LogP) is 2.46. The maximum Gasteiger partial charge on any atom is 0.224 e. The van der Waals surface area contributed by atoms with E-state index in [9.17, 15) is 14.0 Å². The fourth-order valence-corrected chi connectivity index (χ4v) is 3.50. The molecule has 1 unspecified atom stereocenters. The van der Waals surface area contributed by atoms with Crippen LogP contribution in [0.5, 0.6) is 5.75 Å². The lowest BCUT2D eigenvalue weighted by Crippen LogP contribution is -2.42. The second-order valence-corrected chi connectivity index (χ2v) is 6.85. The Morgan fingerprint density at radius 2 is 2.00 bits per heavy atom. The highest BCUT2D eigenvalue weighted by atomic mass is 19.1. The first-order chi connectivity index (χ1) is 12.1. The Labute approximate surface area is 147 Å². The number of halogens is 1. The molecule has 1 aromatic rings. The van der Waals surface area contributed by atoms with Gasteiger partial charge in [-0.15, -0.1) is 0 Å². The number of carbonyl (C=O) groups is 2. The van der Waals surface area contributed by atoms with E-state index in [0.29, 0.717) is 38.3 Å². The van der Waals surface area contributed by atoms with E-state index in [1.807, 2.05) is 4.90 Å². The van der Waals surface area contributed by atoms with Crippen molar-refractivity contribution in [2.45, 2.75) is 32.1 Å². The molecule has 136 valence electrons. The normalized spacial score (nSPS) is 20.8. The lowest BCUT2D eigenvalue weighted by molar-refractivity contribution is -0.134. The summed E-state index contributed by atoms with van der Waals surface area (Å²) in [5.74, 6) is 0.940. The molecule has 2 heterocycles. The minimum atomic E-state index is -0.279. The molecule has 0 radical (unpaired) electrons. The fourth-order valence-electron chi connectivity index (χ4n) is 3.50. The van der Waals surface area contributed by atoms with E-state index >= 15 is 0 Å². The zero-order valence-electron chi connectivity index (χ0n) is 14.5. The highest BCUT2D eigenvalue weighted by Crippen LogP contribution is 2.20. The van der Waals surface area contributed by atoms with Gasteiger partial charge in [-0.2, -0.15) is 0 Å². The van der Waals surface area contributed by atoms with E-state index in [1.54, 1.807) is 17.0 Å². The summed E-state index contributed by atoms with van der Waals surface area (Å²) in [6.45, 7) is 3.30. The van der Waals surface area contributed by atoms with Crippen LogP contribution in [0.3, 0.4) is 0 Å². The van der Waals surface area contributed by atoms with Crippen LogP contribution in [0.4, 0.5) is 4.39 Å². The van der Waals surface area contributed by atoms with Crippen LogP contribution in [0.25, 0.3) is 0 Å². The first-order valence-electron chi connectivity index (χ1n) is 9.06. The molecule has 0 aliphatic carbocycles. The minimum Gasteiger partial charge on any atom is -0.493 e. The van der Waals surface area contributed by atoms with Gasteiger partial charge in [0.2, 0.25) is 11.8 Å². The van der Waals surface area contributed by atoms with Crippen LogP contribution in [0.1, 0.15) is 32.1 Å². The Hall–Kier alpha value is -2.11. The molecular formula is C19H25FN2O3. The molecule has 2 aliphatic rings. The van der Waals surface area contributed by atoms with Gasteiger partial charge in [0.25, 0.3) is 0 Å². The summed E-state index contributed by atoms with van der Waals surface area (Å²) in [7, 11) is 0. The first kappa shape index (κ1) is 17.7. The molecular weight excluding hydrogens is 323 g/mol. The number of rotatable bonds is 6. The molecule has 2 saturated heterocycles. The summed E-state index contributed by atoms with van der Waals surface area (Å²) >= 11 is 0. The molecule has 5 nitrogen and oxygen atoms in total. The van der Waals surface area contributed by atoms with Crippen molar-refractivity contribution in [2.24, 2.45) is 5.92 Å². The number of piperidine rings is 1. The molecule has 25 heavy (non-hydrogen) atoms. The van der Waals surface area contributed by atoms with Gasteiger partial charge in [0.05, 0.1) is 6.61 Å². The van der Waals surface area contributed by atoms with E-state index in [2.05, 4.69) is 0 Å². The van der Waals surface area contributed by atoms with Crippen molar-refractivity contribution in [1.82, 2.24) is 9.80 Å². The average molecular weight is 348 g/mol. The first-order valence-corrected chi connectivity index (χ1v) is 9.06. The van der Waals surface area contributed by atoms with Crippen molar-refractivity contribution in [3.05, 3.63) is 30.1 Å². The summed E-state index contributed by atoms with van der Waals surface area (Å²) in [5, 5.41) is 0. The van der Waals surface area contributed by atoms with E-state index in [1.165, 1.54) is 12.1 Å². The molecule has 0 bridgehead atoms. The molecule has 2 aliphatic heterocycles. The van der Waals surface area contributed by atoms with Crippen LogP contribution in [-0.2, 0) is 9.59 Å². The maximum absolute atomic E-state index is 12.9. The van der Waals surface area contributed by atoms with Crippen molar-refractivity contribution in [3.63, 3.8) is 0 Å². The van der Waals surface area contributed by atoms with E-state index in [0.717, 1.165) is 32.4 Å². The Morgan fingerprint density at radius 3 is 2.72 bits per heavy atom. The third kappa shape index (κ3) is 4.94. The number of nitrogens with zero attached hydrogens (tertiary/aromatic N) is 2. The quantitative estimate of drug-likeness (QED) is 0.793. The number of hydrogen-bond donors (Lipinski definition) is 0. The molecule has 2 fully saturated rings. The van der Waals surface area contributed by atoms with Crippen molar-refractivity contribution in [2.75, 3.05) is 32.8 Å². The third-order valence-corrected chi connectivity index (χ3v) is 4.94. The summed E-state index contributed by atoms with van der Waals surface area (Å²) in [5.41, 5.74) is 0. The van der Waals surface area contributed by atoms with Crippen LogP contribution in [0.15, 0.2) is 24.3 Å². The summed E-state index contributed by atoms with van der Waals surface area (Å²) < 4.78 is 18.6. The maximum atomic E-state index is 12.9. The van der Waals surface area contributed by atoms with Gasteiger partial charge in [0, 0.05) is 44.9 Å². The van der Waals surface area contributed by atoms with Gasteiger partial charge in [-0.3, -0.25) is 9.59 Å². The summed E-state index contributed by atoms with van der Waals surface area (Å²) in [6.07, 6.45) is 3.90. The molecule has 2 amide bonds. The van der Waals surface area contributed by atoms with E-state index < -0.39 is 0 Å². The smallest absolute Gasteiger partial charge is 0.224 e. The molecule has 0 N–H and O–H groups in total. The highest BCUT2D eigenvalue weighted by molar-refractivity contribution is 5.80. The largest absolute Gasteiger partial charge is 0.493 e.